The second-order valence-corrected chi connectivity index (χ2v) is 2.76. The molecule has 0 bridgehead atoms. The molecular formula is C6H10ClN5O. The molecule has 0 radical (unpaired) electrons. The Morgan fingerprint density at radius 2 is 2.00 bits per heavy atom. The molecule has 72 valence electrons. The number of halogens is 1. The van der Waals surface area contributed by atoms with Crippen LogP contribution in [-0.4, -0.2) is 41.2 Å². The zero-order chi connectivity index (χ0) is 9.84. The molecular weight excluding hydrogens is 194 g/mol. The van der Waals surface area contributed by atoms with Gasteiger partial charge < -0.3 is 4.74 Å². The van der Waals surface area contributed by atoms with Gasteiger partial charge >= 0.3 is 6.01 Å². The normalized spacial score (nSPS) is 10.2. The lowest BCUT2D eigenvalue weighted by Gasteiger charge is -2.11. The van der Waals surface area contributed by atoms with Crippen molar-refractivity contribution in [2.75, 3.05) is 26.6 Å². The standard InChI is InChI=1S/C6H10ClN5O/c1-12(2)11-5-8-4(7)9-6(10-5)13-3/h1-3H3,(H,8,9,10,11). The highest BCUT2D eigenvalue weighted by atomic mass is 35.5. The molecule has 1 aromatic rings. The summed E-state index contributed by atoms with van der Waals surface area (Å²) in [5, 5.41) is 1.78. The average molecular weight is 204 g/mol. The van der Waals surface area contributed by atoms with E-state index in [1.807, 2.05) is 14.1 Å². The van der Waals surface area contributed by atoms with Crippen LogP contribution < -0.4 is 10.2 Å². The van der Waals surface area contributed by atoms with E-state index in [9.17, 15) is 0 Å². The van der Waals surface area contributed by atoms with Gasteiger partial charge in [0.25, 0.3) is 0 Å². The van der Waals surface area contributed by atoms with E-state index in [1.54, 1.807) is 5.01 Å². The minimum Gasteiger partial charge on any atom is -0.467 e. The molecule has 1 N–H and O–H groups in total. The molecule has 7 heteroatoms. The van der Waals surface area contributed by atoms with Crippen molar-refractivity contribution in [1.82, 2.24) is 20.0 Å². The van der Waals surface area contributed by atoms with Gasteiger partial charge in [-0.1, -0.05) is 0 Å². The summed E-state index contributed by atoms with van der Waals surface area (Å²) in [7, 11) is 5.08. The molecule has 0 amide bonds. The van der Waals surface area contributed by atoms with Gasteiger partial charge in [0.1, 0.15) is 0 Å². The number of ether oxygens (including phenoxy) is 1. The van der Waals surface area contributed by atoms with Crippen LogP contribution in [0.25, 0.3) is 0 Å². The number of nitrogens with zero attached hydrogens (tertiary/aromatic N) is 4. The molecule has 1 aromatic heterocycles. The maximum absolute atomic E-state index is 5.61. The minimum atomic E-state index is 0.0937. The van der Waals surface area contributed by atoms with Crippen molar-refractivity contribution in [3.63, 3.8) is 0 Å². The van der Waals surface area contributed by atoms with E-state index in [1.165, 1.54) is 7.11 Å². The summed E-state index contributed by atoms with van der Waals surface area (Å²) in [6.07, 6.45) is 0. The minimum absolute atomic E-state index is 0.0937. The number of hydrazine groups is 1. The van der Waals surface area contributed by atoms with Crippen LogP contribution in [-0.2, 0) is 0 Å². The maximum Gasteiger partial charge on any atom is 0.322 e. The molecule has 0 aliphatic carbocycles. The fourth-order valence-electron chi connectivity index (χ4n) is 0.673. The monoisotopic (exact) mass is 203 g/mol. The first kappa shape index (κ1) is 9.94. The third kappa shape index (κ3) is 3.00. The number of aromatic nitrogens is 3. The topological polar surface area (TPSA) is 63.2 Å². The fraction of sp³-hybridized carbons (Fsp3) is 0.500. The molecule has 1 heterocycles. The van der Waals surface area contributed by atoms with E-state index in [0.29, 0.717) is 5.95 Å². The van der Waals surface area contributed by atoms with Crippen molar-refractivity contribution in [3.05, 3.63) is 5.28 Å². The predicted molar refractivity (Wildman–Crippen MR) is 48.7 cm³/mol. The van der Waals surface area contributed by atoms with E-state index in [2.05, 4.69) is 20.4 Å². The number of hydrogen-bond acceptors (Lipinski definition) is 6. The molecule has 0 fully saturated rings. The summed E-state index contributed by atoms with van der Waals surface area (Å²) in [5.41, 5.74) is 2.83. The van der Waals surface area contributed by atoms with Gasteiger partial charge in [-0.2, -0.15) is 15.0 Å². The third-order valence-electron chi connectivity index (χ3n) is 1.09. The van der Waals surface area contributed by atoms with E-state index in [0.717, 1.165) is 0 Å². The van der Waals surface area contributed by atoms with E-state index in [4.69, 9.17) is 16.3 Å². The zero-order valence-corrected chi connectivity index (χ0v) is 8.33. The first-order valence-electron chi connectivity index (χ1n) is 3.51. The van der Waals surface area contributed by atoms with Crippen molar-refractivity contribution in [2.24, 2.45) is 0 Å². The predicted octanol–water partition coefficient (Wildman–Crippen LogP) is 0.422. The van der Waals surface area contributed by atoms with Crippen molar-refractivity contribution in [3.8, 4) is 6.01 Å². The van der Waals surface area contributed by atoms with E-state index < -0.39 is 0 Å². The fourth-order valence-corrected chi connectivity index (χ4v) is 0.826. The maximum atomic E-state index is 5.61. The molecule has 0 unspecified atom stereocenters. The van der Waals surface area contributed by atoms with Crippen LogP contribution in [0.4, 0.5) is 5.95 Å². The number of hydrogen-bond donors (Lipinski definition) is 1. The van der Waals surface area contributed by atoms with Crippen LogP contribution in [0.1, 0.15) is 0 Å². The lowest BCUT2D eigenvalue weighted by atomic mass is 10.9. The van der Waals surface area contributed by atoms with Crippen molar-refractivity contribution < 1.29 is 4.74 Å². The van der Waals surface area contributed by atoms with Gasteiger partial charge in [0, 0.05) is 14.1 Å². The molecule has 0 aliphatic rings. The van der Waals surface area contributed by atoms with Gasteiger partial charge in [0.05, 0.1) is 7.11 Å². The smallest absolute Gasteiger partial charge is 0.322 e. The number of rotatable bonds is 3. The second kappa shape index (κ2) is 4.20. The SMILES string of the molecule is COc1nc(Cl)nc(NN(C)C)n1. The average Bonchev–Trinajstić information content (AvgIpc) is 2.01. The van der Waals surface area contributed by atoms with Crippen LogP contribution in [0.5, 0.6) is 6.01 Å². The van der Waals surface area contributed by atoms with Gasteiger partial charge in [-0.25, -0.2) is 5.01 Å². The van der Waals surface area contributed by atoms with Crippen molar-refractivity contribution >= 4 is 17.5 Å². The summed E-state index contributed by atoms with van der Waals surface area (Å²) in [6.45, 7) is 0. The Morgan fingerprint density at radius 1 is 1.31 bits per heavy atom. The lowest BCUT2D eigenvalue weighted by molar-refractivity contribution is 0.377. The Bertz CT molecular complexity index is 292. The first-order valence-corrected chi connectivity index (χ1v) is 3.89. The molecule has 0 aliphatic heterocycles. The van der Waals surface area contributed by atoms with Crippen LogP contribution in [0.15, 0.2) is 0 Å². The molecule has 13 heavy (non-hydrogen) atoms. The second-order valence-electron chi connectivity index (χ2n) is 2.42. The summed E-state index contributed by atoms with van der Waals surface area (Å²) in [4.78, 5) is 11.5. The Morgan fingerprint density at radius 3 is 2.54 bits per heavy atom. The number of methoxy groups -OCH3 is 1. The van der Waals surface area contributed by atoms with Crippen LogP contribution in [0.2, 0.25) is 5.28 Å². The molecule has 0 saturated carbocycles. The largest absolute Gasteiger partial charge is 0.467 e. The lowest BCUT2D eigenvalue weighted by Crippen LogP contribution is -2.21. The van der Waals surface area contributed by atoms with E-state index in [-0.39, 0.29) is 11.3 Å². The third-order valence-corrected chi connectivity index (χ3v) is 1.26. The molecule has 0 atom stereocenters. The Balaban J connectivity index is 2.88. The molecule has 6 nitrogen and oxygen atoms in total. The van der Waals surface area contributed by atoms with Crippen LogP contribution in [0, 0.1) is 0 Å². The Labute approximate surface area is 80.9 Å². The molecule has 1 rings (SSSR count). The summed E-state index contributed by atoms with van der Waals surface area (Å²) >= 11 is 5.61. The molecule has 0 saturated heterocycles. The highest BCUT2D eigenvalue weighted by molar-refractivity contribution is 6.28. The number of anilines is 1. The van der Waals surface area contributed by atoms with Gasteiger partial charge in [0.2, 0.25) is 11.2 Å². The Hall–Kier alpha value is -1.14. The quantitative estimate of drug-likeness (QED) is 0.719. The van der Waals surface area contributed by atoms with Gasteiger partial charge in [-0.15, -0.1) is 0 Å². The van der Waals surface area contributed by atoms with Gasteiger partial charge in [-0.3, -0.25) is 5.43 Å². The highest BCUT2D eigenvalue weighted by Crippen LogP contribution is 2.10. The van der Waals surface area contributed by atoms with Crippen LogP contribution >= 0.6 is 11.6 Å². The molecule has 0 aromatic carbocycles. The van der Waals surface area contributed by atoms with Crippen LogP contribution in [0.3, 0.4) is 0 Å². The zero-order valence-electron chi connectivity index (χ0n) is 7.58. The summed E-state index contributed by atoms with van der Waals surface area (Å²) in [5.74, 6) is 0.349. The Kier molecular flexibility index (Phi) is 3.21. The van der Waals surface area contributed by atoms with Crippen molar-refractivity contribution in [1.29, 1.82) is 0 Å². The van der Waals surface area contributed by atoms with Crippen molar-refractivity contribution in [2.45, 2.75) is 0 Å². The highest BCUT2D eigenvalue weighted by Gasteiger charge is 2.04. The molecule has 0 spiro atoms. The number of nitrogens with one attached hydrogen (secondary N) is 1. The van der Waals surface area contributed by atoms with E-state index >= 15 is 0 Å². The van der Waals surface area contributed by atoms with Gasteiger partial charge in [-0.05, 0) is 11.6 Å². The first-order chi connectivity index (χ1) is 6.11. The summed E-state index contributed by atoms with van der Waals surface area (Å²) < 4.78 is 4.81. The summed E-state index contributed by atoms with van der Waals surface area (Å²) in [6, 6.07) is 0.185. The van der Waals surface area contributed by atoms with Gasteiger partial charge in [0.15, 0.2) is 0 Å².